The Kier molecular flexibility index (Phi) is 9.43. The van der Waals surface area contributed by atoms with Crippen LogP contribution in [0.5, 0.6) is 0 Å². The van der Waals surface area contributed by atoms with Crippen LogP contribution < -0.4 is 5.32 Å². The summed E-state index contributed by atoms with van der Waals surface area (Å²) in [5.74, 6) is 0.849. The predicted octanol–water partition coefficient (Wildman–Crippen LogP) is 2.88. The third-order valence-corrected chi connectivity index (χ3v) is 5.03. The van der Waals surface area contributed by atoms with Gasteiger partial charge in [0.2, 0.25) is 0 Å². The van der Waals surface area contributed by atoms with Crippen LogP contribution in [-0.2, 0) is 16.0 Å². The summed E-state index contributed by atoms with van der Waals surface area (Å²) < 4.78 is 6.99. The molecule has 1 aliphatic heterocycles. The van der Waals surface area contributed by atoms with Crippen LogP contribution in [0.25, 0.3) is 5.69 Å². The SMILES string of the molecule is CCOC(=O)C1CCN(C(=NC)NCCc2ccc(-n3cccn3)cc2)CC1.I. The second-order valence-corrected chi connectivity index (χ2v) is 6.85. The zero-order valence-corrected chi connectivity index (χ0v) is 19.4. The van der Waals surface area contributed by atoms with Gasteiger partial charge in [-0.3, -0.25) is 9.79 Å². The van der Waals surface area contributed by atoms with E-state index in [0.29, 0.717) is 6.61 Å². The van der Waals surface area contributed by atoms with Crippen molar-refractivity contribution in [1.29, 1.82) is 0 Å². The van der Waals surface area contributed by atoms with Gasteiger partial charge in [-0.15, -0.1) is 24.0 Å². The van der Waals surface area contributed by atoms with Gasteiger partial charge in [0.05, 0.1) is 18.2 Å². The molecule has 2 heterocycles. The molecule has 8 heteroatoms. The van der Waals surface area contributed by atoms with Crippen molar-refractivity contribution >= 4 is 35.9 Å². The minimum Gasteiger partial charge on any atom is -0.466 e. The highest BCUT2D eigenvalue weighted by atomic mass is 127. The maximum absolute atomic E-state index is 11.9. The molecule has 1 aliphatic rings. The van der Waals surface area contributed by atoms with E-state index in [4.69, 9.17) is 4.74 Å². The minimum atomic E-state index is -0.0661. The summed E-state index contributed by atoms with van der Waals surface area (Å²) in [6.07, 6.45) is 6.26. The molecule has 0 radical (unpaired) electrons. The third-order valence-electron chi connectivity index (χ3n) is 5.03. The molecule has 0 saturated carbocycles. The van der Waals surface area contributed by atoms with E-state index in [1.54, 1.807) is 13.2 Å². The van der Waals surface area contributed by atoms with Gasteiger partial charge in [-0.1, -0.05) is 12.1 Å². The van der Waals surface area contributed by atoms with Crippen molar-refractivity contribution in [3.8, 4) is 5.69 Å². The summed E-state index contributed by atoms with van der Waals surface area (Å²) in [6, 6.07) is 10.3. The molecule has 1 aromatic carbocycles. The highest BCUT2D eigenvalue weighted by Crippen LogP contribution is 2.18. The van der Waals surface area contributed by atoms with Gasteiger partial charge in [0, 0.05) is 39.1 Å². The number of nitrogens with zero attached hydrogens (tertiary/aromatic N) is 4. The molecule has 0 atom stereocenters. The molecule has 158 valence electrons. The second-order valence-electron chi connectivity index (χ2n) is 6.85. The molecule has 1 saturated heterocycles. The van der Waals surface area contributed by atoms with Gasteiger partial charge >= 0.3 is 5.97 Å². The molecule has 0 unspecified atom stereocenters. The molecule has 0 amide bonds. The van der Waals surface area contributed by atoms with E-state index in [1.165, 1.54) is 5.56 Å². The van der Waals surface area contributed by atoms with E-state index in [2.05, 4.69) is 44.6 Å². The van der Waals surface area contributed by atoms with Crippen LogP contribution in [0, 0.1) is 5.92 Å². The average molecular weight is 511 g/mol. The molecule has 1 aromatic heterocycles. The van der Waals surface area contributed by atoms with Crippen LogP contribution in [0.4, 0.5) is 0 Å². The van der Waals surface area contributed by atoms with Crippen LogP contribution in [0.1, 0.15) is 25.3 Å². The topological polar surface area (TPSA) is 71.8 Å². The number of rotatable bonds is 6. The highest BCUT2D eigenvalue weighted by molar-refractivity contribution is 14.0. The zero-order chi connectivity index (χ0) is 19.8. The highest BCUT2D eigenvalue weighted by Gasteiger charge is 2.27. The van der Waals surface area contributed by atoms with E-state index in [-0.39, 0.29) is 35.9 Å². The molecule has 7 nitrogen and oxygen atoms in total. The number of likely N-dealkylation sites (tertiary alicyclic amines) is 1. The number of piperidine rings is 1. The fourth-order valence-corrected chi connectivity index (χ4v) is 3.47. The predicted molar refractivity (Wildman–Crippen MR) is 125 cm³/mol. The van der Waals surface area contributed by atoms with Gasteiger partial charge in [0.1, 0.15) is 0 Å². The molecule has 2 aromatic rings. The van der Waals surface area contributed by atoms with Crippen LogP contribution in [0.15, 0.2) is 47.7 Å². The summed E-state index contributed by atoms with van der Waals surface area (Å²) in [5, 5.41) is 7.69. The first-order chi connectivity index (χ1) is 13.7. The molecule has 1 N–H and O–H groups in total. The number of halogens is 1. The minimum absolute atomic E-state index is 0. The number of benzene rings is 1. The van der Waals surface area contributed by atoms with Crippen molar-refractivity contribution in [3.63, 3.8) is 0 Å². The third kappa shape index (κ3) is 6.45. The number of hydrogen-bond donors (Lipinski definition) is 1. The van der Waals surface area contributed by atoms with E-state index < -0.39 is 0 Å². The van der Waals surface area contributed by atoms with E-state index in [0.717, 1.165) is 50.5 Å². The molecule has 3 rings (SSSR count). The van der Waals surface area contributed by atoms with Gasteiger partial charge in [0.15, 0.2) is 5.96 Å². The summed E-state index contributed by atoms with van der Waals surface area (Å²) in [6.45, 7) is 4.75. The van der Waals surface area contributed by atoms with Crippen LogP contribution in [-0.4, -0.2) is 59.9 Å². The van der Waals surface area contributed by atoms with Gasteiger partial charge in [-0.05, 0) is 49.9 Å². The number of carbonyl (C=O) groups excluding carboxylic acids is 1. The van der Waals surface area contributed by atoms with E-state index in [1.807, 2.05) is 23.9 Å². The number of esters is 1. The Balaban J connectivity index is 0.00000300. The van der Waals surface area contributed by atoms with E-state index >= 15 is 0 Å². The molecular formula is C21H30IN5O2. The Morgan fingerprint density at radius 3 is 2.59 bits per heavy atom. The maximum Gasteiger partial charge on any atom is 0.309 e. The number of guanidine groups is 1. The zero-order valence-electron chi connectivity index (χ0n) is 17.1. The number of aliphatic imine (C=N–C) groups is 1. The summed E-state index contributed by atoms with van der Waals surface area (Å²) in [4.78, 5) is 18.5. The normalized spacial score (nSPS) is 15.0. The second kappa shape index (κ2) is 11.8. The molecule has 0 spiro atoms. The summed E-state index contributed by atoms with van der Waals surface area (Å²) in [7, 11) is 1.80. The largest absolute Gasteiger partial charge is 0.466 e. The lowest BCUT2D eigenvalue weighted by Gasteiger charge is -2.33. The number of nitrogens with one attached hydrogen (secondary N) is 1. The standard InChI is InChI=1S/C21H29N5O2.HI/c1-3-28-20(27)18-10-15-25(16-11-18)21(22-2)23-13-9-17-5-7-19(8-6-17)26-14-4-12-24-26;/h4-8,12,14,18H,3,9-11,13,15-16H2,1-2H3,(H,22,23);1H. The Morgan fingerprint density at radius 2 is 2.00 bits per heavy atom. The fourth-order valence-electron chi connectivity index (χ4n) is 3.47. The van der Waals surface area contributed by atoms with Crippen molar-refractivity contribution in [2.24, 2.45) is 10.9 Å². The molecule has 29 heavy (non-hydrogen) atoms. The van der Waals surface area contributed by atoms with Gasteiger partial charge in [-0.2, -0.15) is 5.10 Å². The Hall–Kier alpha value is -2.10. The molecular weight excluding hydrogens is 481 g/mol. The van der Waals surface area contributed by atoms with Crippen LogP contribution in [0.3, 0.4) is 0 Å². The van der Waals surface area contributed by atoms with Gasteiger partial charge < -0.3 is 15.0 Å². The lowest BCUT2D eigenvalue weighted by atomic mass is 9.97. The van der Waals surface area contributed by atoms with Crippen molar-refractivity contribution in [2.45, 2.75) is 26.2 Å². The average Bonchev–Trinajstić information content (AvgIpc) is 3.27. The van der Waals surface area contributed by atoms with Crippen molar-refractivity contribution in [2.75, 3.05) is 33.3 Å². The Bertz CT molecular complexity index is 769. The van der Waals surface area contributed by atoms with E-state index in [9.17, 15) is 4.79 Å². The molecule has 1 fully saturated rings. The number of hydrogen-bond acceptors (Lipinski definition) is 4. The molecule has 0 aliphatic carbocycles. The summed E-state index contributed by atoms with van der Waals surface area (Å²) >= 11 is 0. The summed E-state index contributed by atoms with van der Waals surface area (Å²) in [5.41, 5.74) is 2.32. The first-order valence-electron chi connectivity index (χ1n) is 9.92. The number of carbonyl (C=O) groups is 1. The molecule has 0 bridgehead atoms. The van der Waals surface area contributed by atoms with Crippen LogP contribution >= 0.6 is 24.0 Å². The Morgan fingerprint density at radius 1 is 1.28 bits per heavy atom. The van der Waals surface area contributed by atoms with Gasteiger partial charge in [0.25, 0.3) is 0 Å². The monoisotopic (exact) mass is 511 g/mol. The maximum atomic E-state index is 11.9. The first-order valence-corrected chi connectivity index (χ1v) is 9.92. The lowest BCUT2D eigenvalue weighted by Crippen LogP contribution is -2.47. The smallest absolute Gasteiger partial charge is 0.309 e. The number of aromatic nitrogens is 2. The number of ether oxygens (including phenoxy) is 1. The quantitative estimate of drug-likeness (QED) is 0.280. The first kappa shape index (κ1) is 23.2. The lowest BCUT2D eigenvalue weighted by molar-refractivity contribution is -0.149. The van der Waals surface area contributed by atoms with Crippen LogP contribution in [0.2, 0.25) is 0 Å². The Labute approximate surface area is 189 Å². The van der Waals surface area contributed by atoms with Crippen molar-refractivity contribution < 1.29 is 9.53 Å². The van der Waals surface area contributed by atoms with Crippen molar-refractivity contribution in [1.82, 2.24) is 20.0 Å². The van der Waals surface area contributed by atoms with Crippen molar-refractivity contribution in [3.05, 3.63) is 48.3 Å². The van der Waals surface area contributed by atoms with Gasteiger partial charge in [-0.25, -0.2) is 4.68 Å². The fraction of sp³-hybridized carbons (Fsp3) is 0.476.